The van der Waals surface area contributed by atoms with Gasteiger partial charge in [-0.15, -0.1) is 0 Å². The monoisotopic (exact) mass is 497 g/mol. The van der Waals surface area contributed by atoms with Crippen molar-refractivity contribution in [3.8, 4) is 11.1 Å². The summed E-state index contributed by atoms with van der Waals surface area (Å²) in [5.41, 5.74) is -0.00156. The van der Waals surface area contributed by atoms with Gasteiger partial charge in [0.05, 0.1) is 11.1 Å². The summed E-state index contributed by atoms with van der Waals surface area (Å²) in [6.07, 6.45) is -4.42. The van der Waals surface area contributed by atoms with Crippen molar-refractivity contribution in [3.05, 3.63) is 99.8 Å². The molecule has 0 amide bonds. The number of hydrogen-bond acceptors (Lipinski definition) is 3. The largest absolute Gasteiger partial charge is 0.610 e. The van der Waals surface area contributed by atoms with Crippen molar-refractivity contribution in [2.75, 3.05) is 5.75 Å². The lowest BCUT2D eigenvalue weighted by Crippen LogP contribution is -2.29. The highest BCUT2D eigenvalue weighted by Crippen LogP contribution is 2.40. The van der Waals surface area contributed by atoms with Crippen molar-refractivity contribution in [2.24, 2.45) is 0 Å². The molecule has 1 aliphatic rings. The van der Waals surface area contributed by atoms with Crippen LogP contribution in [0, 0.1) is 0 Å². The van der Waals surface area contributed by atoms with Crippen molar-refractivity contribution < 1.29 is 27.6 Å². The predicted octanol–water partition coefficient (Wildman–Crippen LogP) is 5.03. The molecule has 0 aliphatic carbocycles. The summed E-state index contributed by atoms with van der Waals surface area (Å²) in [5.74, 6) is -1.65. The van der Waals surface area contributed by atoms with Gasteiger partial charge >= 0.3 is 12.1 Å². The molecule has 0 saturated carbocycles. The minimum absolute atomic E-state index is 0.0561. The lowest BCUT2D eigenvalue weighted by Gasteiger charge is -2.17. The van der Waals surface area contributed by atoms with Gasteiger partial charge in [0.25, 0.3) is 5.56 Å². The fraction of sp³-hybridized carbons (Fsp3) is 0.154. The number of halogens is 3. The van der Waals surface area contributed by atoms with E-state index in [1.165, 1.54) is 18.2 Å². The Morgan fingerprint density at radius 3 is 2.49 bits per heavy atom. The van der Waals surface area contributed by atoms with Crippen molar-refractivity contribution in [3.63, 3.8) is 0 Å². The van der Waals surface area contributed by atoms with Crippen LogP contribution in [0.15, 0.2) is 82.6 Å². The summed E-state index contributed by atoms with van der Waals surface area (Å²) in [5, 5.41) is 11.4. The molecule has 5 nitrogen and oxygen atoms in total. The maximum atomic E-state index is 13.5. The van der Waals surface area contributed by atoms with E-state index in [1.54, 1.807) is 0 Å². The molecule has 1 aromatic heterocycles. The molecule has 4 aromatic rings. The van der Waals surface area contributed by atoms with Crippen molar-refractivity contribution in [2.45, 2.75) is 23.7 Å². The smallest absolute Gasteiger partial charge is 0.416 e. The van der Waals surface area contributed by atoms with E-state index >= 15 is 0 Å². The Kier molecular flexibility index (Phi) is 5.69. The maximum Gasteiger partial charge on any atom is 0.416 e. The highest BCUT2D eigenvalue weighted by Gasteiger charge is 2.43. The Labute approximate surface area is 200 Å². The second-order valence-corrected chi connectivity index (χ2v) is 9.73. The van der Waals surface area contributed by atoms with E-state index in [-0.39, 0.29) is 28.3 Å². The van der Waals surface area contributed by atoms with Crippen LogP contribution in [0.4, 0.5) is 13.2 Å². The summed E-state index contributed by atoms with van der Waals surface area (Å²) in [6, 6.07) is 17.7. The van der Waals surface area contributed by atoms with Crippen LogP contribution in [0.25, 0.3) is 21.9 Å². The van der Waals surface area contributed by atoms with Crippen molar-refractivity contribution >= 4 is 27.9 Å². The Morgan fingerprint density at radius 1 is 1.03 bits per heavy atom. The quantitative estimate of drug-likeness (QED) is 0.401. The van der Waals surface area contributed by atoms with Crippen LogP contribution in [-0.2, 0) is 28.6 Å². The Morgan fingerprint density at radius 2 is 1.74 bits per heavy atom. The second kappa shape index (κ2) is 8.58. The number of fused-ring (bicyclic) bond motifs is 2. The number of aromatic nitrogens is 1. The van der Waals surface area contributed by atoms with Crippen molar-refractivity contribution in [1.29, 1.82) is 0 Å². The average molecular weight is 497 g/mol. The van der Waals surface area contributed by atoms with Gasteiger partial charge in [-0.05, 0) is 46.0 Å². The van der Waals surface area contributed by atoms with Gasteiger partial charge in [-0.3, -0.25) is 4.79 Å². The molecule has 178 valence electrons. The zero-order valence-corrected chi connectivity index (χ0v) is 18.9. The molecule has 2 unspecified atom stereocenters. The van der Waals surface area contributed by atoms with Gasteiger partial charge in [-0.25, -0.2) is 9.36 Å². The summed E-state index contributed by atoms with van der Waals surface area (Å²) in [6.45, 7) is 0. The van der Waals surface area contributed by atoms with Crippen molar-refractivity contribution in [1.82, 2.24) is 4.57 Å². The number of aliphatic carboxylic acids is 1. The van der Waals surface area contributed by atoms with Gasteiger partial charge in [0.2, 0.25) is 5.03 Å². The second-order valence-electron chi connectivity index (χ2n) is 8.32. The van der Waals surface area contributed by atoms with E-state index in [2.05, 4.69) is 0 Å². The summed E-state index contributed by atoms with van der Waals surface area (Å²) < 4.78 is 54.5. The first-order chi connectivity index (χ1) is 16.6. The zero-order chi connectivity index (χ0) is 24.9. The van der Waals surface area contributed by atoms with Gasteiger partial charge in [-0.2, -0.15) is 13.2 Å². The first-order valence-electron chi connectivity index (χ1n) is 10.7. The van der Waals surface area contributed by atoms with E-state index in [4.69, 9.17) is 0 Å². The normalized spacial score (nSPS) is 17.5. The van der Waals surface area contributed by atoms with Crippen LogP contribution in [0.1, 0.15) is 22.7 Å². The Bertz CT molecular complexity index is 1520. The topological polar surface area (TPSA) is 82.4 Å². The molecular formula is C26H18F3NO4S. The molecule has 0 saturated heterocycles. The third kappa shape index (κ3) is 4.11. The lowest BCUT2D eigenvalue weighted by molar-refractivity contribution is -0.140. The molecule has 3 aromatic carbocycles. The number of benzene rings is 3. The number of carboxylic acids is 1. The van der Waals surface area contributed by atoms with E-state index in [9.17, 15) is 32.4 Å². The van der Waals surface area contributed by atoms with Crippen LogP contribution >= 0.6 is 0 Å². The van der Waals surface area contributed by atoms with Gasteiger partial charge in [-0.1, -0.05) is 54.6 Å². The molecular weight excluding hydrogens is 479 g/mol. The Hall–Kier alpha value is -3.56. The number of alkyl halides is 3. The maximum absolute atomic E-state index is 13.5. The minimum Gasteiger partial charge on any atom is -0.610 e. The van der Waals surface area contributed by atoms with E-state index in [0.29, 0.717) is 5.56 Å². The number of hydrogen-bond donors (Lipinski definition) is 1. The van der Waals surface area contributed by atoms with Crippen LogP contribution < -0.4 is 5.56 Å². The molecule has 0 fully saturated rings. The third-order valence-electron chi connectivity index (χ3n) is 6.15. The molecule has 9 heteroatoms. The van der Waals surface area contributed by atoms with Crippen LogP contribution in [0.3, 0.4) is 0 Å². The van der Waals surface area contributed by atoms with Gasteiger partial charge in [0, 0.05) is 17.2 Å². The summed E-state index contributed by atoms with van der Waals surface area (Å²) in [4.78, 5) is 24.8. The first-order valence-corrected chi connectivity index (χ1v) is 12.0. The number of nitrogens with zero attached hydrogens (tertiary/aromatic N) is 1. The molecule has 0 radical (unpaired) electrons. The summed E-state index contributed by atoms with van der Waals surface area (Å²) >= 11 is -1.89. The highest BCUT2D eigenvalue weighted by molar-refractivity contribution is 7.91. The number of carboxylic acid groups (broad SMARTS) is 1. The average Bonchev–Trinajstić information content (AvgIpc) is 3.17. The fourth-order valence-electron chi connectivity index (χ4n) is 4.60. The van der Waals surface area contributed by atoms with Gasteiger partial charge < -0.3 is 9.66 Å². The summed E-state index contributed by atoms with van der Waals surface area (Å²) in [7, 11) is 0. The highest BCUT2D eigenvalue weighted by atomic mass is 32.2. The molecule has 0 bridgehead atoms. The van der Waals surface area contributed by atoms with Crippen LogP contribution in [0.2, 0.25) is 0 Å². The molecule has 1 aliphatic heterocycles. The standard InChI is InChI=1S/C26H18F3NO4S/c27-26(28,29)19-9-4-8-17(12-19)23-18(11-16-7-3-6-15-5-1-2-10-20(15)16)13-22(31)30-21(25(32)33)14-35(34)24(23)30/h1-10,12-13,21H,11,14H2,(H,32,33). The first kappa shape index (κ1) is 23.2. The molecule has 1 N–H and O–H groups in total. The minimum atomic E-state index is -4.61. The predicted molar refractivity (Wildman–Crippen MR) is 126 cm³/mol. The third-order valence-corrected chi connectivity index (χ3v) is 7.60. The molecule has 2 heterocycles. The van der Waals surface area contributed by atoms with E-state index in [0.717, 1.165) is 33.0 Å². The molecule has 5 rings (SSSR count). The van der Waals surface area contributed by atoms with Gasteiger partial charge in [0.15, 0.2) is 6.04 Å². The lowest BCUT2D eigenvalue weighted by atomic mass is 9.93. The van der Waals surface area contributed by atoms with Crippen LogP contribution in [0.5, 0.6) is 0 Å². The van der Waals surface area contributed by atoms with Gasteiger partial charge in [0.1, 0.15) is 5.75 Å². The number of carbonyl (C=O) groups is 1. The fourth-order valence-corrected chi connectivity index (χ4v) is 6.25. The van der Waals surface area contributed by atoms with E-state index < -0.39 is 40.5 Å². The van der Waals surface area contributed by atoms with E-state index in [1.807, 2.05) is 42.5 Å². The zero-order valence-electron chi connectivity index (χ0n) is 18.1. The Balaban J connectivity index is 1.78. The molecule has 0 spiro atoms. The van der Waals surface area contributed by atoms with Crippen LogP contribution in [-0.4, -0.2) is 25.9 Å². The number of rotatable bonds is 4. The molecule has 2 atom stereocenters. The number of pyridine rings is 1. The SMILES string of the molecule is O=C(O)C1C[S+]([O-])c2c(-c3cccc(C(F)(F)F)c3)c(Cc3cccc4ccccc34)cc(=O)n21. The molecule has 35 heavy (non-hydrogen) atoms.